The summed E-state index contributed by atoms with van der Waals surface area (Å²) in [4.78, 5) is 12.8. The molecule has 0 bridgehead atoms. The van der Waals surface area contributed by atoms with E-state index in [1.54, 1.807) is 6.33 Å². The third-order valence-corrected chi connectivity index (χ3v) is 2.98. The third kappa shape index (κ3) is 2.24. The molecule has 0 saturated carbocycles. The highest BCUT2D eigenvalue weighted by Gasteiger charge is 2.11. The molecule has 0 atom stereocenters. The Kier molecular flexibility index (Phi) is 3.05. The van der Waals surface area contributed by atoms with E-state index in [-0.39, 0.29) is 5.28 Å². The van der Waals surface area contributed by atoms with Gasteiger partial charge < -0.3 is 9.88 Å². The van der Waals surface area contributed by atoms with E-state index in [9.17, 15) is 0 Å². The first-order chi connectivity index (χ1) is 9.28. The van der Waals surface area contributed by atoms with Crippen molar-refractivity contribution in [2.75, 3.05) is 5.32 Å². The number of hydrogen-bond donors (Lipinski definition) is 1. The second kappa shape index (κ2) is 4.85. The van der Waals surface area contributed by atoms with Crippen molar-refractivity contribution in [1.82, 2.24) is 19.5 Å². The number of hydrogen-bond acceptors (Lipinski definition) is 4. The van der Waals surface area contributed by atoms with Crippen molar-refractivity contribution >= 4 is 34.3 Å². The largest absolute Gasteiger partial charge is 0.338 e. The van der Waals surface area contributed by atoms with E-state index in [4.69, 9.17) is 11.6 Å². The van der Waals surface area contributed by atoms with Crippen LogP contribution in [-0.2, 0) is 6.54 Å². The van der Waals surface area contributed by atoms with Crippen molar-refractivity contribution in [1.29, 1.82) is 0 Å². The van der Waals surface area contributed by atoms with Gasteiger partial charge in [0, 0.05) is 12.2 Å². The standard InChI is InChI=1S/C13H12ClN5/c1-2-19-8-15-10-11(17-13(14)18-12(10)19)16-9-6-4-3-5-7-9/h3-8H,2H2,1H3,(H,16,17,18). The van der Waals surface area contributed by atoms with Crippen LogP contribution in [0.1, 0.15) is 6.92 Å². The first-order valence-electron chi connectivity index (χ1n) is 5.98. The summed E-state index contributed by atoms with van der Waals surface area (Å²) in [6.45, 7) is 2.82. The molecule has 0 radical (unpaired) electrons. The number of nitrogens with zero attached hydrogens (tertiary/aromatic N) is 4. The van der Waals surface area contributed by atoms with Gasteiger partial charge in [-0.2, -0.15) is 9.97 Å². The molecule has 6 heteroatoms. The highest BCUT2D eigenvalue weighted by molar-refractivity contribution is 6.28. The fourth-order valence-electron chi connectivity index (χ4n) is 1.89. The van der Waals surface area contributed by atoms with Gasteiger partial charge in [0.25, 0.3) is 0 Å². The minimum Gasteiger partial charge on any atom is -0.338 e. The molecule has 0 spiro atoms. The van der Waals surface area contributed by atoms with Crippen molar-refractivity contribution in [3.05, 3.63) is 41.9 Å². The molecule has 5 nitrogen and oxygen atoms in total. The Morgan fingerprint density at radius 3 is 2.74 bits per heavy atom. The van der Waals surface area contributed by atoms with E-state index in [0.717, 1.165) is 23.4 Å². The van der Waals surface area contributed by atoms with Gasteiger partial charge in [-0.1, -0.05) is 18.2 Å². The number of aryl methyl sites for hydroxylation is 1. The molecule has 3 rings (SSSR count). The van der Waals surface area contributed by atoms with Crippen molar-refractivity contribution in [2.45, 2.75) is 13.5 Å². The number of benzene rings is 1. The predicted molar refractivity (Wildman–Crippen MR) is 75.7 cm³/mol. The SMILES string of the molecule is CCn1cnc2c(Nc3ccccc3)nc(Cl)nc21. The summed E-state index contributed by atoms with van der Waals surface area (Å²) in [7, 11) is 0. The van der Waals surface area contributed by atoms with Crippen LogP contribution in [0.25, 0.3) is 11.2 Å². The molecule has 0 amide bonds. The lowest BCUT2D eigenvalue weighted by Gasteiger charge is -2.06. The molecule has 2 heterocycles. The molecule has 96 valence electrons. The fourth-order valence-corrected chi connectivity index (χ4v) is 2.06. The van der Waals surface area contributed by atoms with Crippen molar-refractivity contribution in [3.8, 4) is 0 Å². The lowest BCUT2D eigenvalue weighted by atomic mass is 10.3. The molecule has 0 saturated heterocycles. The number of nitrogens with one attached hydrogen (secondary N) is 1. The molecule has 19 heavy (non-hydrogen) atoms. The van der Waals surface area contributed by atoms with Crippen molar-refractivity contribution in [2.24, 2.45) is 0 Å². The Balaban J connectivity index is 2.10. The molecule has 0 aliphatic heterocycles. The van der Waals surface area contributed by atoms with E-state index >= 15 is 0 Å². The summed E-state index contributed by atoms with van der Waals surface area (Å²) in [6.07, 6.45) is 1.74. The monoisotopic (exact) mass is 273 g/mol. The summed E-state index contributed by atoms with van der Waals surface area (Å²) in [5.74, 6) is 0.619. The Hall–Kier alpha value is -2.14. The van der Waals surface area contributed by atoms with Gasteiger partial charge >= 0.3 is 0 Å². The van der Waals surface area contributed by atoms with Gasteiger partial charge in [0.2, 0.25) is 5.28 Å². The maximum absolute atomic E-state index is 5.97. The number of imidazole rings is 1. The summed E-state index contributed by atoms with van der Waals surface area (Å²) in [6, 6.07) is 9.77. The topological polar surface area (TPSA) is 55.6 Å². The molecule has 0 aliphatic carbocycles. The Morgan fingerprint density at radius 2 is 2.00 bits per heavy atom. The Labute approximate surface area is 115 Å². The van der Waals surface area contributed by atoms with Crippen molar-refractivity contribution in [3.63, 3.8) is 0 Å². The average molecular weight is 274 g/mol. The second-order valence-corrected chi connectivity index (χ2v) is 4.37. The number of halogens is 1. The molecule has 0 aliphatic rings. The molecule has 1 N–H and O–H groups in total. The zero-order valence-electron chi connectivity index (χ0n) is 10.3. The van der Waals surface area contributed by atoms with E-state index in [0.29, 0.717) is 5.82 Å². The van der Waals surface area contributed by atoms with Crippen LogP contribution in [0.3, 0.4) is 0 Å². The summed E-state index contributed by atoms with van der Waals surface area (Å²) in [5.41, 5.74) is 2.39. The predicted octanol–water partition coefficient (Wildman–Crippen LogP) is 3.24. The number of rotatable bonds is 3. The number of anilines is 2. The highest BCUT2D eigenvalue weighted by atomic mass is 35.5. The van der Waals surface area contributed by atoms with Crippen LogP contribution in [0.4, 0.5) is 11.5 Å². The quantitative estimate of drug-likeness (QED) is 0.744. The van der Waals surface area contributed by atoms with Gasteiger partial charge in [-0.3, -0.25) is 0 Å². The Bertz CT molecular complexity index is 708. The van der Waals surface area contributed by atoms with Gasteiger partial charge in [-0.25, -0.2) is 4.98 Å². The smallest absolute Gasteiger partial charge is 0.226 e. The zero-order chi connectivity index (χ0) is 13.2. The molecule has 2 aromatic heterocycles. The minimum atomic E-state index is 0.209. The van der Waals surface area contributed by atoms with Gasteiger partial charge in [-0.05, 0) is 30.7 Å². The number of para-hydroxylation sites is 1. The zero-order valence-corrected chi connectivity index (χ0v) is 11.1. The van der Waals surface area contributed by atoms with Crippen LogP contribution in [0.15, 0.2) is 36.7 Å². The molecule has 3 aromatic rings. The van der Waals surface area contributed by atoms with Crippen LogP contribution < -0.4 is 5.32 Å². The molecular formula is C13H12ClN5. The minimum absolute atomic E-state index is 0.209. The summed E-state index contributed by atoms with van der Waals surface area (Å²) in [5, 5.41) is 3.42. The van der Waals surface area contributed by atoms with Crippen LogP contribution in [-0.4, -0.2) is 19.5 Å². The molecular weight excluding hydrogens is 262 g/mol. The normalized spacial score (nSPS) is 10.8. The Morgan fingerprint density at radius 1 is 1.21 bits per heavy atom. The van der Waals surface area contributed by atoms with Gasteiger partial charge in [0.15, 0.2) is 17.0 Å². The number of fused-ring (bicyclic) bond motifs is 1. The lowest BCUT2D eigenvalue weighted by Crippen LogP contribution is -1.99. The van der Waals surface area contributed by atoms with Crippen LogP contribution in [0.2, 0.25) is 5.28 Å². The first-order valence-corrected chi connectivity index (χ1v) is 6.36. The fraction of sp³-hybridized carbons (Fsp3) is 0.154. The van der Waals surface area contributed by atoms with E-state index in [1.807, 2.05) is 41.8 Å². The first kappa shape index (κ1) is 11.9. The average Bonchev–Trinajstić information content (AvgIpc) is 2.83. The van der Waals surface area contributed by atoms with Gasteiger partial charge in [0.1, 0.15) is 0 Å². The van der Waals surface area contributed by atoms with Crippen LogP contribution >= 0.6 is 11.6 Å². The van der Waals surface area contributed by atoms with Gasteiger partial charge in [-0.15, -0.1) is 0 Å². The maximum atomic E-state index is 5.97. The van der Waals surface area contributed by atoms with Crippen LogP contribution in [0, 0.1) is 0 Å². The molecule has 0 fully saturated rings. The maximum Gasteiger partial charge on any atom is 0.226 e. The molecule has 0 unspecified atom stereocenters. The van der Waals surface area contributed by atoms with E-state index < -0.39 is 0 Å². The van der Waals surface area contributed by atoms with Gasteiger partial charge in [0.05, 0.1) is 6.33 Å². The number of aromatic nitrogens is 4. The highest BCUT2D eigenvalue weighted by Crippen LogP contribution is 2.23. The second-order valence-electron chi connectivity index (χ2n) is 4.04. The molecule has 1 aromatic carbocycles. The van der Waals surface area contributed by atoms with Crippen LogP contribution in [0.5, 0.6) is 0 Å². The summed E-state index contributed by atoms with van der Waals surface area (Å²) >= 11 is 5.97. The van der Waals surface area contributed by atoms with E-state index in [2.05, 4.69) is 20.3 Å². The lowest BCUT2D eigenvalue weighted by molar-refractivity contribution is 0.777. The van der Waals surface area contributed by atoms with Crippen molar-refractivity contribution < 1.29 is 0 Å². The summed E-state index contributed by atoms with van der Waals surface area (Å²) < 4.78 is 1.93. The third-order valence-electron chi connectivity index (χ3n) is 2.81. The van der Waals surface area contributed by atoms with E-state index in [1.165, 1.54) is 0 Å².